The summed E-state index contributed by atoms with van der Waals surface area (Å²) < 4.78 is 7.07. The number of imidazole rings is 1. The van der Waals surface area contributed by atoms with Gasteiger partial charge in [0.25, 0.3) is 0 Å². The molecule has 0 saturated carbocycles. The zero-order valence-electron chi connectivity index (χ0n) is 16.2. The highest BCUT2D eigenvalue weighted by Gasteiger charge is 2.20. The van der Waals surface area contributed by atoms with Crippen molar-refractivity contribution in [3.8, 4) is 28.6 Å². The maximum absolute atomic E-state index is 4.99. The number of hydrogen-bond donors (Lipinski definition) is 0. The van der Waals surface area contributed by atoms with Gasteiger partial charge in [-0.05, 0) is 56.9 Å². The zero-order chi connectivity index (χ0) is 19.1. The standard InChI is InChI=1S/C22H22N4O/c1-13-9-16(4)20(17(5)10-13)26-11-18(19-14(2)7-6-8-15(19)3)24-22(26)21-23-12-27-25-21/h6-12H,1-5H3. The summed E-state index contributed by atoms with van der Waals surface area (Å²) in [6.45, 7) is 10.6. The van der Waals surface area contributed by atoms with Gasteiger partial charge in [0.05, 0.1) is 11.4 Å². The number of hydrogen-bond acceptors (Lipinski definition) is 4. The van der Waals surface area contributed by atoms with E-state index >= 15 is 0 Å². The van der Waals surface area contributed by atoms with Crippen molar-refractivity contribution in [2.75, 3.05) is 0 Å². The van der Waals surface area contributed by atoms with Gasteiger partial charge in [-0.2, -0.15) is 4.98 Å². The SMILES string of the molecule is Cc1cc(C)c(-n2cc(-c3c(C)cccc3C)nc2-c2ncon2)c(C)c1. The molecule has 136 valence electrons. The van der Waals surface area contributed by atoms with E-state index in [0.717, 1.165) is 16.9 Å². The molecule has 0 unspecified atom stereocenters. The van der Waals surface area contributed by atoms with Gasteiger partial charge >= 0.3 is 0 Å². The van der Waals surface area contributed by atoms with E-state index in [0.29, 0.717) is 11.6 Å². The van der Waals surface area contributed by atoms with E-state index in [1.807, 2.05) is 0 Å². The molecular weight excluding hydrogens is 336 g/mol. The van der Waals surface area contributed by atoms with E-state index in [1.165, 1.54) is 34.2 Å². The molecule has 0 bridgehead atoms. The molecular formula is C22H22N4O. The highest BCUT2D eigenvalue weighted by atomic mass is 16.5. The molecule has 0 fully saturated rings. The lowest BCUT2D eigenvalue weighted by Crippen LogP contribution is -2.03. The molecule has 5 nitrogen and oxygen atoms in total. The van der Waals surface area contributed by atoms with Crippen LogP contribution in [0.25, 0.3) is 28.6 Å². The number of rotatable bonds is 3. The predicted octanol–water partition coefficient (Wildman–Crippen LogP) is 5.13. The minimum absolute atomic E-state index is 0.479. The van der Waals surface area contributed by atoms with Crippen molar-refractivity contribution in [2.24, 2.45) is 0 Å². The van der Waals surface area contributed by atoms with E-state index in [9.17, 15) is 0 Å². The smallest absolute Gasteiger partial charge is 0.238 e. The van der Waals surface area contributed by atoms with Crippen LogP contribution in [0, 0.1) is 34.6 Å². The maximum atomic E-state index is 4.99. The van der Waals surface area contributed by atoms with E-state index in [2.05, 4.69) is 85.9 Å². The van der Waals surface area contributed by atoms with Crippen LogP contribution in [0.3, 0.4) is 0 Å². The van der Waals surface area contributed by atoms with Crippen LogP contribution >= 0.6 is 0 Å². The van der Waals surface area contributed by atoms with E-state index in [1.54, 1.807) is 0 Å². The van der Waals surface area contributed by atoms with E-state index < -0.39 is 0 Å². The Bertz CT molecular complexity index is 1080. The van der Waals surface area contributed by atoms with Crippen LogP contribution < -0.4 is 0 Å². The Labute approximate surface area is 158 Å². The first-order chi connectivity index (χ1) is 13.0. The van der Waals surface area contributed by atoms with Crippen LogP contribution in [-0.4, -0.2) is 19.7 Å². The second-order valence-corrected chi connectivity index (χ2v) is 7.09. The molecule has 2 aromatic carbocycles. The van der Waals surface area contributed by atoms with Gasteiger partial charge in [-0.3, -0.25) is 4.57 Å². The normalized spacial score (nSPS) is 11.1. The van der Waals surface area contributed by atoms with Crippen LogP contribution in [0.15, 0.2) is 47.4 Å². The second-order valence-electron chi connectivity index (χ2n) is 7.09. The van der Waals surface area contributed by atoms with Crippen molar-refractivity contribution in [2.45, 2.75) is 34.6 Å². The molecule has 0 radical (unpaired) electrons. The quantitative estimate of drug-likeness (QED) is 0.509. The molecule has 0 saturated heterocycles. The lowest BCUT2D eigenvalue weighted by molar-refractivity contribution is 0.418. The summed E-state index contributed by atoms with van der Waals surface area (Å²) in [6, 6.07) is 10.6. The molecule has 4 rings (SSSR count). The van der Waals surface area contributed by atoms with Crippen LogP contribution in [0.5, 0.6) is 0 Å². The fourth-order valence-corrected chi connectivity index (χ4v) is 3.87. The van der Waals surface area contributed by atoms with Gasteiger partial charge in [0.2, 0.25) is 12.2 Å². The number of aromatic nitrogens is 4. The summed E-state index contributed by atoms with van der Waals surface area (Å²) in [5.41, 5.74) is 9.14. The summed E-state index contributed by atoms with van der Waals surface area (Å²) in [6.07, 6.45) is 3.41. The topological polar surface area (TPSA) is 56.7 Å². The lowest BCUT2D eigenvalue weighted by Gasteiger charge is -2.13. The molecule has 0 N–H and O–H groups in total. The van der Waals surface area contributed by atoms with Gasteiger partial charge < -0.3 is 4.52 Å². The maximum Gasteiger partial charge on any atom is 0.238 e. The largest absolute Gasteiger partial charge is 0.342 e. The lowest BCUT2D eigenvalue weighted by atomic mass is 10.0. The van der Waals surface area contributed by atoms with Crippen LogP contribution in [0.2, 0.25) is 0 Å². The van der Waals surface area contributed by atoms with Crippen LogP contribution in [0.1, 0.15) is 27.8 Å². The van der Waals surface area contributed by atoms with Gasteiger partial charge in [0.1, 0.15) is 0 Å². The van der Waals surface area contributed by atoms with Crippen molar-refractivity contribution < 1.29 is 4.52 Å². The molecule has 2 aromatic heterocycles. The molecule has 0 aliphatic rings. The first-order valence-electron chi connectivity index (χ1n) is 8.96. The second kappa shape index (κ2) is 6.50. The van der Waals surface area contributed by atoms with Crippen molar-refractivity contribution in [3.63, 3.8) is 0 Å². The first-order valence-corrected chi connectivity index (χ1v) is 8.96. The summed E-state index contributed by atoms with van der Waals surface area (Å²) >= 11 is 0. The van der Waals surface area contributed by atoms with Crippen molar-refractivity contribution in [1.82, 2.24) is 19.7 Å². The Morgan fingerprint density at radius 3 is 2.15 bits per heavy atom. The minimum Gasteiger partial charge on any atom is -0.342 e. The van der Waals surface area contributed by atoms with Crippen molar-refractivity contribution in [1.29, 1.82) is 0 Å². The zero-order valence-corrected chi connectivity index (χ0v) is 16.2. The van der Waals surface area contributed by atoms with Crippen LogP contribution in [0.4, 0.5) is 0 Å². The fraction of sp³-hybridized carbons (Fsp3) is 0.227. The average Bonchev–Trinajstić information content (AvgIpc) is 3.23. The highest BCUT2D eigenvalue weighted by Crippen LogP contribution is 2.32. The Hall–Kier alpha value is -3.21. The highest BCUT2D eigenvalue weighted by molar-refractivity contribution is 5.71. The van der Waals surface area contributed by atoms with E-state index in [-0.39, 0.29) is 0 Å². The van der Waals surface area contributed by atoms with Gasteiger partial charge in [-0.25, -0.2) is 4.98 Å². The average molecular weight is 358 g/mol. The first kappa shape index (κ1) is 17.2. The van der Waals surface area contributed by atoms with Crippen molar-refractivity contribution in [3.05, 3.63) is 70.7 Å². The van der Waals surface area contributed by atoms with Crippen LogP contribution in [-0.2, 0) is 0 Å². The predicted molar refractivity (Wildman–Crippen MR) is 106 cm³/mol. The Morgan fingerprint density at radius 1 is 0.889 bits per heavy atom. The molecule has 0 amide bonds. The molecule has 5 heteroatoms. The molecule has 0 aliphatic heterocycles. The van der Waals surface area contributed by atoms with E-state index in [4.69, 9.17) is 9.51 Å². The summed E-state index contributed by atoms with van der Waals surface area (Å²) in [4.78, 5) is 9.14. The third-order valence-electron chi connectivity index (χ3n) is 4.88. The molecule has 4 aromatic rings. The van der Waals surface area contributed by atoms with Gasteiger partial charge in [0.15, 0.2) is 5.82 Å². The minimum atomic E-state index is 0.479. The molecule has 0 atom stereocenters. The molecule has 2 heterocycles. The molecule has 0 aliphatic carbocycles. The van der Waals surface area contributed by atoms with Gasteiger partial charge in [-0.15, -0.1) is 0 Å². The number of aryl methyl sites for hydroxylation is 5. The third kappa shape index (κ3) is 2.95. The third-order valence-corrected chi connectivity index (χ3v) is 4.88. The number of benzene rings is 2. The van der Waals surface area contributed by atoms with Gasteiger partial charge in [0, 0.05) is 11.8 Å². The Morgan fingerprint density at radius 2 is 1.56 bits per heavy atom. The summed E-state index contributed by atoms with van der Waals surface area (Å²) in [5, 5.41) is 4.03. The molecule has 27 heavy (non-hydrogen) atoms. The summed E-state index contributed by atoms with van der Waals surface area (Å²) in [7, 11) is 0. The monoisotopic (exact) mass is 358 g/mol. The van der Waals surface area contributed by atoms with Gasteiger partial charge in [-0.1, -0.05) is 41.1 Å². The molecule has 0 spiro atoms. The Kier molecular flexibility index (Phi) is 4.15. The van der Waals surface area contributed by atoms with Crippen molar-refractivity contribution >= 4 is 0 Å². The number of nitrogens with zero attached hydrogens (tertiary/aromatic N) is 4. The summed E-state index contributed by atoms with van der Waals surface area (Å²) in [5.74, 6) is 1.16. The Balaban J connectivity index is 2.01. The fourth-order valence-electron chi connectivity index (χ4n) is 3.87.